The molecule has 0 spiro atoms. The summed E-state index contributed by atoms with van der Waals surface area (Å²) in [5.74, 6) is 0.315. The number of morpholine rings is 1. The third-order valence-electron chi connectivity index (χ3n) is 6.46. The van der Waals surface area contributed by atoms with Crippen molar-refractivity contribution < 1.29 is 22.7 Å². The summed E-state index contributed by atoms with van der Waals surface area (Å²) < 4.78 is 32.0. The van der Waals surface area contributed by atoms with Crippen molar-refractivity contribution in [2.24, 2.45) is 5.92 Å². The maximum atomic E-state index is 12.7. The number of nitrogens with zero attached hydrogens (tertiary/aromatic N) is 2. The normalized spacial score (nSPS) is 18.3. The highest BCUT2D eigenvalue weighted by molar-refractivity contribution is 7.89. The van der Waals surface area contributed by atoms with E-state index in [-0.39, 0.29) is 28.8 Å². The van der Waals surface area contributed by atoms with E-state index in [2.05, 4.69) is 10.6 Å². The van der Waals surface area contributed by atoms with E-state index < -0.39 is 10.0 Å². The van der Waals surface area contributed by atoms with Gasteiger partial charge < -0.3 is 20.3 Å². The zero-order valence-electron chi connectivity index (χ0n) is 19.6. The first kappa shape index (κ1) is 25.5. The van der Waals surface area contributed by atoms with Crippen LogP contribution in [0.2, 0.25) is 0 Å². The van der Waals surface area contributed by atoms with Gasteiger partial charge in [-0.05, 0) is 43.4 Å². The van der Waals surface area contributed by atoms with Crippen LogP contribution in [0.4, 0.5) is 4.79 Å². The lowest BCUT2D eigenvalue weighted by atomic mass is 9.98. The highest BCUT2D eigenvalue weighted by Gasteiger charge is 2.28. The number of amides is 3. The van der Waals surface area contributed by atoms with E-state index in [9.17, 15) is 18.0 Å². The van der Waals surface area contributed by atoms with Crippen molar-refractivity contribution in [3.63, 3.8) is 0 Å². The van der Waals surface area contributed by atoms with Crippen LogP contribution < -0.4 is 10.6 Å². The summed E-state index contributed by atoms with van der Waals surface area (Å²) in [6.45, 7) is 7.25. The number of carbonyl (C=O) groups excluding carboxylic acids is 2. The Kier molecular flexibility index (Phi) is 9.10. The molecule has 0 unspecified atom stereocenters. The van der Waals surface area contributed by atoms with Gasteiger partial charge in [0.2, 0.25) is 15.9 Å². The quantitative estimate of drug-likeness (QED) is 0.591. The second kappa shape index (κ2) is 11.8. The van der Waals surface area contributed by atoms with Crippen molar-refractivity contribution in [2.75, 3.05) is 39.4 Å². The number of urea groups is 1. The number of rotatable bonds is 8. The lowest BCUT2D eigenvalue weighted by Gasteiger charge is -2.34. The number of hydrogen-bond acceptors (Lipinski definition) is 5. The van der Waals surface area contributed by atoms with Crippen molar-refractivity contribution in [3.8, 4) is 0 Å². The summed E-state index contributed by atoms with van der Waals surface area (Å²) in [6.07, 6.45) is 3.20. The van der Waals surface area contributed by atoms with Crippen LogP contribution in [0.25, 0.3) is 0 Å². The number of likely N-dealkylation sites (tertiary alicyclic amines) is 1. The van der Waals surface area contributed by atoms with Gasteiger partial charge >= 0.3 is 6.03 Å². The molecule has 0 saturated carbocycles. The Labute approximate surface area is 196 Å². The smallest absolute Gasteiger partial charge is 0.315 e. The van der Waals surface area contributed by atoms with Crippen LogP contribution in [0.5, 0.6) is 0 Å². The van der Waals surface area contributed by atoms with Gasteiger partial charge in [0.1, 0.15) is 0 Å². The molecule has 0 aromatic heterocycles. The third kappa shape index (κ3) is 6.68. The van der Waals surface area contributed by atoms with Crippen LogP contribution in [0, 0.1) is 5.92 Å². The Hall–Kier alpha value is -2.17. The standard InChI is InChI=1S/C23H36N4O5S/c1-3-19(4-2)22(28)26-11-9-20(10-12-26)25-23(29)24-17-18-5-7-21(8-6-18)33(30,31)27-13-15-32-16-14-27/h5-8,19-20H,3-4,9-17H2,1-2H3,(H2,24,25,29). The van der Waals surface area contributed by atoms with E-state index in [1.165, 1.54) is 4.31 Å². The second-order valence-electron chi connectivity index (χ2n) is 8.60. The summed E-state index contributed by atoms with van der Waals surface area (Å²) in [7, 11) is -3.52. The number of carbonyl (C=O) groups is 2. The Morgan fingerprint density at radius 3 is 2.21 bits per heavy atom. The zero-order chi connectivity index (χ0) is 23.8. The number of ether oxygens (including phenoxy) is 1. The average molecular weight is 481 g/mol. The van der Waals surface area contributed by atoms with E-state index in [0.717, 1.165) is 31.2 Å². The summed E-state index contributed by atoms with van der Waals surface area (Å²) in [6, 6.07) is 6.37. The molecule has 0 aliphatic carbocycles. The average Bonchev–Trinajstić information content (AvgIpc) is 2.84. The lowest BCUT2D eigenvalue weighted by molar-refractivity contribution is -0.136. The van der Waals surface area contributed by atoms with Crippen LogP contribution in [0.1, 0.15) is 45.1 Å². The van der Waals surface area contributed by atoms with Gasteiger partial charge in [0, 0.05) is 44.7 Å². The van der Waals surface area contributed by atoms with Gasteiger partial charge in [-0.15, -0.1) is 0 Å². The first-order valence-electron chi connectivity index (χ1n) is 11.8. The predicted octanol–water partition coefficient (Wildman–Crippen LogP) is 1.93. The summed E-state index contributed by atoms with van der Waals surface area (Å²) in [4.78, 5) is 27.0. The fraction of sp³-hybridized carbons (Fsp3) is 0.652. The highest BCUT2D eigenvalue weighted by atomic mass is 32.2. The monoisotopic (exact) mass is 480 g/mol. The Balaban J connectivity index is 1.43. The molecule has 2 saturated heterocycles. The Morgan fingerprint density at radius 2 is 1.64 bits per heavy atom. The first-order valence-corrected chi connectivity index (χ1v) is 13.3. The van der Waals surface area contributed by atoms with Crippen LogP contribution in [-0.4, -0.2) is 75.0 Å². The van der Waals surface area contributed by atoms with Crippen LogP contribution in [-0.2, 0) is 26.1 Å². The van der Waals surface area contributed by atoms with E-state index in [1.54, 1.807) is 24.3 Å². The van der Waals surface area contributed by atoms with Crippen LogP contribution in [0.15, 0.2) is 29.2 Å². The fourth-order valence-electron chi connectivity index (χ4n) is 4.27. The molecule has 2 aliphatic rings. The van der Waals surface area contributed by atoms with Gasteiger partial charge in [0.25, 0.3) is 0 Å². The molecule has 9 nitrogen and oxygen atoms in total. The fourth-order valence-corrected chi connectivity index (χ4v) is 5.68. The highest BCUT2D eigenvalue weighted by Crippen LogP contribution is 2.19. The molecule has 2 aliphatic heterocycles. The number of benzene rings is 1. The SMILES string of the molecule is CCC(CC)C(=O)N1CCC(NC(=O)NCc2ccc(S(=O)(=O)N3CCOCC3)cc2)CC1. The van der Waals surface area contributed by atoms with Crippen molar-refractivity contribution in [1.82, 2.24) is 19.8 Å². The molecule has 2 heterocycles. The molecule has 0 atom stereocenters. The second-order valence-corrected chi connectivity index (χ2v) is 10.5. The number of hydrogen-bond donors (Lipinski definition) is 2. The minimum absolute atomic E-state index is 0.0387. The molecule has 0 radical (unpaired) electrons. The van der Waals surface area contributed by atoms with Crippen LogP contribution >= 0.6 is 0 Å². The summed E-state index contributed by atoms with van der Waals surface area (Å²) in [5, 5.41) is 5.81. The Morgan fingerprint density at radius 1 is 1.03 bits per heavy atom. The van der Waals surface area contributed by atoms with Crippen molar-refractivity contribution in [2.45, 2.75) is 57.0 Å². The number of sulfonamides is 1. The molecule has 1 aromatic rings. The lowest BCUT2D eigenvalue weighted by Crippen LogP contribution is -2.50. The van der Waals surface area contributed by atoms with Crippen molar-refractivity contribution in [3.05, 3.63) is 29.8 Å². The molecular weight excluding hydrogens is 444 g/mol. The third-order valence-corrected chi connectivity index (χ3v) is 8.37. The largest absolute Gasteiger partial charge is 0.379 e. The van der Waals surface area contributed by atoms with Crippen molar-refractivity contribution >= 4 is 22.0 Å². The maximum Gasteiger partial charge on any atom is 0.315 e. The molecule has 3 rings (SSSR count). The van der Waals surface area contributed by atoms with Gasteiger partial charge in [-0.3, -0.25) is 4.79 Å². The van der Waals surface area contributed by atoms with E-state index in [0.29, 0.717) is 45.9 Å². The number of piperidine rings is 1. The predicted molar refractivity (Wildman–Crippen MR) is 125 cm³/mol. The molecule has 1 aromatic carbocycles. The van der Waals surface area contributed by atoms with E-state index >= 15 is 0 Å². The Bertz CT molecular complexity index is 888. The van der Waals surface area contributed by atoms with Crippen molar-refractivity contribution in [1.29, 1.82) is 0 Å². The zero-order valence-corrected chi connectivity index (χ0v) is 20.4. The van der Waals surface area contributed by atoms with Gasteiger partial charge in [-0.2, -0.15) is 4.31 Å². The minimum Gasteiger partial charge on any atom is -0.379 e. The maximum absolute atomic E-state index is 12.7. The van der Waals surface area contributed by atoms with Gasteiger partial charge in [-0.25, -0.2) is 13.2 Å². The van der Waals surface area contributed by atoms with Crippen LogP contribution in [0.3, 0.4) is 0 Å². The molecule has 184 valence electrons. The number of nitrogens with one attached hydrogen (secondary N) is 2. The molecule has 2 N–H and O–H groups in total. The van der Waals surface area contributed by atoms with E-state index in [4.69, 9.17) is 4.74 Å². The van der Waals surface area contributed by atoms with Gasteiger partial charge in [0.15, 0.2) is 0 Å². The van der Waals surface area contributed by atoms with E-state index in [1.807, 2.05) is 18.7 Å². The summed E-state index contributed by atoms with van der Waals surface area (Å²) >= 11 is 0. The molecule has 33 heavy (non-hydrogen) atoms. The first-order chi connectivity index (χ1) is 15.8. The molecular formula is C23H36N4O5S. The van der Waals surface area contributed by atoms with Gasteiger partial charge in [-0.1, -0.05) is 26.0 Å². The molecule has 3 amide bonds. The topological polar surface area (TPSA) is 108 Å². The molecule has 0 bridgehead atoms. The summed E-state index contributed by atoms with van der Waals surface area (Å²) in [5.41, 5.74) is 0.816. The minimum atomic E-state index is -3.52. The molecule has 10 heteroatoms. The van der Waals surface area contributed by atoms with Gasteiger partial charge in [0.05, 0.1) is 18.1 Å². The molecule has 2 fully saturated rings.